The Morgan fingerprint density at radius 3 is 2.80 bits per heavy atom. The molecule has 3 aromatic rings. The monoisotopic (exact) mass is 339 g/mol. The van der Waals surface area contributed by atoms with Crippen molar-refractivity contribution in [2.24, 2.45) is 0 Å². The highest BCUT2D eigenvalue weighted by Crippen LogP contribution is 2.21. The molecule has 1 amide bonds. The number of nitrogens with zero attached hydrogens (tertiary/aromatic N) is 2. The lowest BCUT2D eigenvalue weighted by Crippen LogP contribution is -2.38. The normalized spacial score (nSPS) is 15.5. The number of carbonyl (C=O) groups is 1. The minimum Gasteiger partial charge on any atom is -0.472 e. The van der Waals surface area contributed by atoms with Crippen molar-refractivity contribution >= 4 is 22.5 Å². The molecule has 1 saturated heterocycles. The molecule has 1 aromatic carbocycles. The van der Waals surface area contributed by atoms with E-state index in [2.05, 4.69) is 33.1 Å². The Labute approximate surface area is 146 Å². The van der Waals surface area contributed by atoms with Crippen LogP contribution in [-0.2, 0) is 11.3 Å². The first-order chi connectivity index (χ1) is 12.3. The van der Waals surface area contributed by atoms with Gasteiger partial charge in [-0.3, -0.25) is 9.69 Å². The largest absolute Gasteiger partial charge is 0.472 e. The average Bonchev–Trinajstić information content (AvgIpc) is 3.31. The van der Waals surface area contributed by atoms with Gasteiger partial charge < -0.3 is 19.0 Å². The number of ether oxygens (including phenoxy) is 1. The lowest BCUT2D eigenvalue weighted by Gasteiger charge is -2.26. The fourth-order valence-electron chi connectivity index (χ4n) is 3.14. The molecule has 1 aliphatic heterocycles. The van der Waals surface area contributed by atoms with Gasteiger partial charge in [0.25, 0.3) is 5.91 Å². The van der Waals surface area contributed by atoms with Crippen LogP contribution in [0.15, 0.2) is 53.5 Å². The van der Waals surface area contributed by atoms with Gasteiger partial charge in [-0.25, -0.2) is 0 Å². The Morgan fingerprint density at radius 1 is 1.12 bits per heavy atom. The van der Waals surface area contributed by atoms with Crippen molar-refractivity contribution in [2.75, 3.05) is 38.2 Å². The minimum absolute atomic E-state index is 0.167. The number of rotatable bonds is 5. The molecule has 1 aliphatic rings. The number of amides is 1. The van der Waals surface area contributed by atoms with Crippen LogP contribution < -0.4 is 5.32 Å². The Balaban J connectivity index is 1.44. The summed E-state index contributed by atoms with van der Waals surface area (Å²) >= 11 is 0. The molecule has 25 heavy (non-hydrogen) atoms. The zero-order valence-electron chi connectivity index (χ0n) is 14.0. The summed E-state index contributed by atoms with van der Waals surface area (Å²) in [4.78, 5) is 14.5. The van der Waals surface area contributed by atoms with Crippen molar-refractivity contribution in [2.45, 2.75) is 6.54 Å². The quantitative estimate of drug-likeness (QED) is 0.776. The third kappa shape index (κ3) is 3.60. The van der Waals surface area contributed by atoms with Crippen LogP contribution in [0.3, 0.4) is 0 Å². The number of anilines is 1. The standard InChI is InChI=1S/C19H21N3O3/c23-19(16-4-10-25-14-16)20-17-1-2-18-15(13-17)3-5-22(18)7-6-21-8-11-24-12-9-21/h1-5,10,13-14H,6-9,11-12H2,(H,20,23). The second-order valence-electron chi connectivity index (χ2n) is 6.20. The average molecular weight is 339 g/mol. The Morgan fingerprint density at radius 2 is 2.00 bits per heavy atom. The van der Waals surface area contributed by atoms with Gasteiger partial charge in [-0.1, -0.05) is 0 Å². The van der Waals surface area contributed by atoms with Crippen LogP contribution in [0.5, 0.6) is 0 Å². The summed E-state index contributed by atoms with van der Waals surface area (Å²) in [6, 6.07) is 9.72. The fraction of sp³-hybridized carbons (Fsp3) is 0.316. The maximum atomic E-state index is 12.1. The Hall–Kier alpha value is -2.57. The molecule has 3 heterocycles. The van der Waals surface area contributed by atoms with Crippen molar-refractivity contribution in [3.05, 3.63) is 54.6 Å². The van der Waals surface area contributed by atoms with Gasteiger partial charge in [-0.05, 0) is 30.3 Å². The van der Waals surface area contributed by atoms with Crippen LogP contribution in [-0.4, -0.2) is 48.2 Å². The van der Waals surface area contributed by atoms with Crippen LogP contribution in [0, 0.1) is 0 Å². The molecule has 1 N–H and O–H groups in total. The first-order valence-electron chi connectivity index (χ1n) is 8.52. The Kier molecular flexibility index (Phi) is 4.54. The summed E-state index contributed by atoms with van der Waals surface area (Å²) < 4.78 is 12.6. The maximum Gasteiger partial charge on any atom is 0.258 e. The van der Waals surface area contributed by atoms with Gasteiger partial charge >= 0.3 is 0 Å². The second kappa shape index (κ2) is 7.13. The van der Waals surface area contributed by atoms with E-state index in [1.165, 1.54) is 18.0 Å². The first-order valence-corrected chi connectivity index (χ1v) is 8.52. The molecule has 0 atom stereocenters. The van der Waals surface area contributed by atoms with E-state index >= 15 is 0 Å². The van der Waals surface area contributed by atoms with Crippen molar-refractivity contribution in [3.8, 4) is 0 Å². The van der Waals surface area contributed by atoms with Crippen molar-refractivity contribution < 1.29 is 13.9 Å². The minimum atomic E-state index is -0.167. The smallest absolute Gasteiger partial charge is 0.258 e. The van der Waals surface area contributed by atoms with Gasteiger partial charge in [0.05, 0.1) is 25.0 Å². The first kappa shape index (κ1) is 15.9. The third-order valence-electron chi connectivity index (χ3n) is 4.57. The van der Waals surface area contributed by atoms with Crippen LogP contribution >= 0.6 is 0 Å². The summed E-state index contributed by atoms with van der Waals surface area (Å²) in [6.07, 6.45) is 5.04. The maximum absolute atomic E-state index is 12.1. The van der Waals surface area contributed by atoms with Crippen LogP contribution in [0.1, 0.15) is 10.4 Å². The predicted molar refractivity (Wildman–Crippen MR) is 95.9 cm³/mol. The van der Waals surface area contributed by atoms with E-state index in [4.69, 9.17) is 9.15 Å². The number of benzene rings is 1. The van der Waals surface area contributed by atoms with E-state index < -0.39 is 0 Å². The van der Waals surface area contributed by atoms with Gasteiger partial charge in [-0.2, -0.15) is 0 Å². The summed E-state index contributed by atoms with van der Waals surface area (Å²) in [5, 5.41) is 4.02. The van der Waals surface area contributed by atoms with Crippen LogP contribution in [0.4, 0.5) is 5.69 Å². The summed E-state index contributed by atoms with van der Waals surface area (Å²) in [6.45, 7) is 5.63. The summed E-state index contributed by atoms with van der Waals surface area (Å²) in [7, 11) is 0. The molecule has 0 aliphatic carbocycles. The van der Waals surface area contributed by atoms with Gasteiger partial charge in [0.15, 0.2) is 0 Å². The number of aromatic nitrogens is 1. The van der Waals surface area contributed by atoms with Crippen LogP contribution in [0.25, 0.3) is 10.9 Å². The van der Waals surface area contributed by atoms with Crippen molar-refractivity contribution in [1.29, 1.82) is 0 Å². The molecule has 0 bridgehead atoms. The SMILES string of the molecule is O=C(Nc1ccc2c(ccn2CCN2CCOCC2)c1)c1ccoc1. The van der Waals surface area contributed by atoms with Crippen molar-refractivity contribution in [1.82, 2.24) is 9.47 Å². The highest BCUT2D eigenvalue weighted by molar-refractivity contribution is 6.04. The number of nitrogens with one attached hydrogen (secondary N) is 1. The molecule has 130 valence electrons. The number of hydrogen-bond acceptors (Lipinski definition) is 4. The van der Waals surface area contributed by atoms with E-state index in [1.807, 2.05) is 12.1 Å². The molecule has 1 fully saturated rings. The predicted octanol–water partition coefficient (Wildman–Crippen LogP) is 2.82. The zero-order chi connectivity index (χ0) is 17.1. The molecule has 0 spiro atoms. The van der Waals surface area contributed by atoms with Crippen molar-refractivity contribution in [3.63, 3.8) is 0 Å². The highest BCUT2D eigenvalue weighted by Gasteiger charge is 2.11. The van der Waals surface area contributed by atoms with E-state index in [0.717, 1.165) is 50.5 Å². The molecule has 6 heteroatoms. The fourth-order valence-corrected chi connectivity index (χ4v) is 3.14. The third-order valence-corrected chi connectivity index (χ3v) is 4.57. The molecular formula is C19H21N3O3. The molecule has 6 nitrogen and oxygen atoms in total. The number of hydrogen-bond donors (Lipinski definition) is 1. The number of morpholine rings is 1. The van der Waals surface area contributed by atoms with Gasteiger partial charge in [0.2, 0.25) is 0 Å². The topological polar surface area (TPSA) is 59.6 Å². The number of fused-ring (bicyclic) bond motifs is 1. The molecule has 0 unspecified atom stereocenters. The summed E-state index contributed by atoms with van der Waals surface area (Å²) in [5.74, 6) is -0.167. The van der Waals surface area contributed by atoms with E-state index in [9.17, 15) is 4.79 Å². The van der Waals surface area contributed by atoms with E-state index in [1.54, 1.807) is 6.07 Å². The van der Waals surface area contributed by atoms with Gasteiger partial charge in [-0.15, -0.1) is 0 Å². The van der Waals surface area contributed by atoms with Gasteiger partial charge in [0.1, 0.15) is 6.26 Å². The number of carbonyl (C=O) groups excluding carboxylic acids is 1. The van der Waals surface area contributed by atoms with E-state index in [0.29, 0.717) is 5.56 Å². The summed E-state index contributed by atoms with van der Waals surface area (Å²) in [5.41, 5.74) is 2.47. The Bertz CT molecular complexity index is 848. The molecule has 0 radical (unpaired) electrons. The number of furan rings is 1. The van der Waals surface area contributed by atoms with Gasteiger partial charge in [0, 0.05) is 49.0 Å². The molecule has 2 aromatic heterocycles. The molecule has 4 rings (SSSR count). The van der Waals surface area contributed by atoms with E-state index in [-0.39, 0.29) is 5.91 Å². The lowest BCUT2D eigenvalue weighted by molar-refractivity contribution is 0.0365. The lowest BCUT2D eigenvalue weighted by atomic mass is 10.2. The molecule has 0 saturated carbocycles. The second-order valence-corrected chi connectivity index (χ2v) is 6.20. The van der Waals surface area contributed by atoms with Crippen LogP contribution in [0.2, 0.25) is 0 Å². The molecular weight excluding hydrogens is 318 g/mol. The highest BCUT2D eigenvalue weighted by atomic mass is 16.5. The zero-order valence-corrected chi connectivity index (χ0v) is 14.0.